The quantitative estimate of drug-likeness (QED) is 0.393. The molecule has 8 heteroatoms. The average molecular weight is 493 g/mol. The molecule has 3 aromatic rings. The van der Waals surface area contributed by atoms with Crippen LogP contribution < -0.4 is 10.6 Å². The standard InChI is InChI=1S/C27H25ClN2O5/c1-27(2,14-23(31)29-22-13-7-12-21(28)24(22)25(32)33)30-26(34)35-15-20-18-10-5-3-8-16(18)17-9-4-6-11-19(17)20/h3-13,20H,14-15H2,1-2H3,(H,29,31)(H,30,34)(H,32,33). The predicted octanol–water partition coefficient (Wildman–Crippen LogP) is 5.68. The number of carboxylic acids is 1. The monoisotopic (exact) mass is 492 g/mol. The normalized spacial score (nSPS) is 12.4. The first-order valence-corrected chi connectivity index (χ1v) is 11.5. The van der Waals surface area contributed by atoms with Crippen LogP contribution >= 0.6 is 11.6 Å². The Kier molecular flexibility index (Phi) is 6.80. The lowest BCUT2D eigenvalue weighted by atomic mass is 9.98. The summed E-state index contributed by atoms with van der Waals surface area (Å²) in [4.78, 5) is 36.7. The van der Waals surface area contributed by atoms with E-state index in [-0.39, 0.29) is 35.2 Å². The maximum atomic E-state index is 12.6. The summed E-state index contributed by atoms with van der Waals surface area (Å²) < 4.78 is 5.56. The Balaban J connectivity index is 1.37. The smallest absolute Gasteiger partial charge is 0.407 e. The summed E-state index contributed by atoms with van der Waals surface area (Å²) in [7, 11) is 0. The summed E-state index contributed by atoms with van der Waals surface area (Å²) in [5, 5.41) is 14.7. The number of carbonyl (C=O) groups excluding carboxylic acids is 2. The third-order valence-electron chi connectivity index (χ3n) is 5.89. The number of alkyl carbamates (subject to hydrolysis) is 1. The molecule has 0 radical (unpaired) electrons. The molecule has 1 aliphatic rings. The Morgan fingerprint density at radius 2 is 1.54 bits per heavy atom. The lowest BCUT2D eigenvalue weighted by Gasteiger charge is -2.26. The number of rotatable bonds is 7. The molecule has 0 saturated carbocycles. The fourth-order valence-corrected chi connectivity index (χ4v) is 4.65. The van der Waals surface area contributed by atoms with Gasteiger partial charge in [0, 0.05) is 17.9 Å². The molecule has 180 valence electrons. The minimum atomic E-state index is -1.25. The first-order valence-electron chi connectivity index (χ1n) is 11.1. The molecular formula is C27H25ClN2O5. The van der Waals surface area contributed by atoms with Crippen molar-refractivity contribution in [3.8, 4) is 11.1 Å². The number of aromatic carboxylic acids is 1. The average Bonchev–Trinajstić information content (AvgIpc) is 3.10. The Labute approximate surface area is 208 Å². The molecule has 0 aromatic heterocycles. The molecule has 0 atom stereocenters. The highest BCUT2D eigenvalue weighted by Crippen LogP contribution is 2.44. The van der Waals surface area contributed by atoms with Gasteiger partial charge < -0.3 is 20.5 Å². The van der Waals surface area contributed by atoms with Gasteiger partial charge in [-0.15, -0.1) is 0 Å². The van der Waals surface area contributed by atoms with Gasteiger partial charge in [0.1, 0.15) is 12.2 Å². The lowest BCUT2D eigenvalue weighted by molar-refractivity contribution is -0.117. The number of hydrogen-bond donors (Lipinski definition) is 3. The fourth-order valence-electron chi connectivity index (χ4n) is 4.40. The highest BCUT2D eigenvalue weighted by Gasteiger charge is 2.30. The van der Waals surface area contributed by atoms with Gasteiger partial charge >= 0.3 is 12.1 Å². The van der Waals surface area contributed by atoms with Gasteiger partial charge in [0.05, 0.1) is 10.7 Å². The van der Waals surface area contributed by atoms with Crippen LogP contribution in [-0.2, 0) is 9.53 Å². The van der Waals surface area contributed by atoms with Crippen LogP contribution in [0.1, 0.15) is 47.7 Å². The molecule has 35 heavy (non-hydrogen) atoms. The largest absolute Gasteiger partial charge is 0.478 e. The number of amides is 2. The Hall–Kier alpha value is -3.84. The number of benzene rings is 3. The second-order valence-electron chi connectivity index (χ2n) is 9.03. The summed E-state index contributed by atoms with van der Waals surface area (Å²) in [6, 6.07) is 20.5. The van der Waals surface area contributed by atoms with Crippen molar-refractivity contribution >= 4 is 35.3 Å². The van der Waals surface area contributed by atoms with E-state index in [1.165, 1.54) is 12.1 Å². The van der Waals surface area contributed by atoms with Crippen molar-refractivity contribution in [2.45, 2.75) is 31.7 Å². The van der Waals surface area contributed by atoms with Gasteiger partial charge in [-0.05, 0) is 48.2 Å². The second-order valence-corrected chi connectivity index (χ2v) is 9.43. The number of anilines is 1. The van der Waals surface area contributed by atoms with Crippen molar-refractivity contribution in [1.29, 1.82) is 0 Å². The van der Waals surface area contributed by atoms with Gasteiger partial charge in [0.15, 0.2) is 0 Å². The molecule has 0 bridgehead atoms. The highest BCUT2D eigenvalue weighted by atomic mass is 35.5. The Bertz CT molecular complexity index is 1260. The predicted molar refractivity (Wildman–Crippen MR) is 134 cm³/mol. The molecular weight excluding hydrogens is 468 g/mol. The fraction of sp³-hybridized carbons (Fsp3) is 0.222. The zero-order valence-corrected chi connectivity index (χ0v) is 20.1. The van der Waals surface area contributed by atoms with E-state index in [0.717, 1.165) is 22.3 Å². The van der Waals surface area contributed by atoms with Crippen molar-refractivity contribution in [3.05, 3.63) is 88.4 Å². The lowest BCUT2D eigenvalue weighted by Crippen LogP contribution is -2.46. The van der Waals surface area contributed by atoms with E-state index in [1.54, 1.807) is 19.9 Å². The van der Waals surface area contributed by atoms with Gasteiger partial charge in [-0.2, -0.15) is 0 Å². The van der Waals surface area contributed by atoms with Gasteiger partial charge in [-0.1, -0.05) is 66.2 Å². The van der Waals surface area contributed by atoms with Crippen LogP contribution in [-0.4, -0.2) is 35.2 Å². The van der Waals surface area contributed by atoms with E-state index >= 15 is 0 Å². The van der Waals surface area contributed by atoms with Gasteiger partial charge in [0.2, 0.25) is 5.91 Å². The van der Waals surface area contributed by atoms with Crippen LogP contribution in [0.2, 0.25) is 5.02 Å². The Morgan fingerprint density at radius 3 is 2.14 bits per heavy atom. The van der Waals surface area contributed by atoms with Crippen molar-refractivity contribution in [1.82, 2.24) is 5.32 Å². The molecule has 0 saturated heterocycles. The van der Waals surface area contributed by atoms with Crippen LogP contribution in [0.25, 0.3) is 11.1 Å². The zero-order valence-electron chi connectivity index (χ0n) is 19.3. The number of nitrogens with one attached hydrogen (secondary N) is 2. The van der Waals surface area contributed by atoms with E-state index in [0.29, 0.717) is 0 Å². The van der Waals surface area contributed by atoms with Crippen molar-refractivity contribution in [3.63, 3.8) is 0 Å². The number of fused-ring (bicyclic) bond motifs is 3. The molecule has 1 aliphatic carbocycles. The third-order valence-corrected chi connectivity index (χ3v) is 6.20. The van der Waals surface area contributed by atoms with E-state index < -0.39 is 23.5 Å². The first kappa shape index (κ1) is 24.3. The van der Waals surface area contributed by atoms with Gasteiger partial charge in [-0.25, -0.2) is 9.59 Å². The molecule has 3 aromatic carbocycles. The summed E-state index contributed by atoms with van der Waals surface area (Å²) in [5.74, 6) is -1.79. The first-order chi connectivity index (χ1) is 16.7. The summed E-state index contributed by atoms with van der Waals surface area (Å²) in [6.45, 7) is 3.53. The number of ether oxygens (including phenoxy) is 1. The molecule has 0 aliphatic heterocycles. The van der Waals surface area contributed by atoms with E-state index in [9.17, 15) is 19.5 Å². The van der Waals surface area contributed by atoms with E-state index in [4.69, 9.17) is 16.3 Å². The molecule has 0 unspecified atom stereocenters. The number of carbonyl (C=O) groups is 3. The molecule has 4 rings (SSSR count). The summed E-state index contributed by atoms with van der Waals surface area (Å²) in [5.41, 5.74) is 3.43. The molecule has 0 heterocycles. The summed E-state index contributed by atoms with van der Waals surface area (Å²) >= 11 is 5.96. The van der Waals surface area contributed by atoms with Crippen LogP contribution in [0.5, 0.6) is 0 Å². The van der Waals surface area contributed by atoms with Crippen molar-refractivity contribution < 1.29 is 24.2 Å². The van der Waals surface area contributed by atoms with E-state index in [1.807, 2.05) is 36.4 Å². The molecule has 2 amide bonds. The van der Waals surface area contributed by atoms with Crippen LogP contribution in [0.3, 0.4) is 0 Å². The minimum Gasteiger partial charge on any atom is -0.478 e. The minimum absolute atomic E-state index is 0.0197. The topological polar surface area (TPSA) is 105 Å². The van der Waals surface area contributed by atoms with Crippen LogP contribution in [0.15, 0.2) is 66.7 Å². The Morgan fingerprint density at radius 1 is 0.943 bits per heavy atom. The molecule has 0 fully saturated rings. The molecule has 0 spiro atoms. The van der Waals surface area contributed by atoms with Crippen molar-refractivity contribution in [2.24, 2.45) is 0 Å². The molecule has 7 nitrogen and oxygen atoms in total. The second kappa shape index (κ2) is 9.80. The van der Waals surface area contributed by atoms with Crippen molar-refractivity contribution in [2.75, 3.05) is 11.9 Å². The molecule has 3 N–H and O–H groups in total. The number of halogens is 1. The van der Waals surface area contributed by atoms with Crippen LogP contribution in [0, 0.1) is 0 Å². The number of carboxylic acid groups (broad SMARTS) is 1. The third kappa shape index (κ3) is 5.30. The summed E-state index contributed by atoms with van der Waals surface area (Å²) in [6.07, 6.45) is -0.749. The zero-order chi connectivity index (χ0) is 25.2. The maximum Gasteiger partial charge on any atom is 0.407 e. The SMILES string of the molecule is CC(C)(CC(=O)Nc1cccc(Cl)c1C(=O)O)NC(=O)OCC1c2ccccc2-c2ccccc21. The number of hydrogen-bond acceptors (Lipinski definition) is 4. The van der Waals surface area contributed by atoms with Gasteiger partial charge in [0.25, 0.3) is 0 Å². The van der Waals surface area contributed by atoms with E-state index in [2.05, 4.69) is 22.8 Å². The van der Waals surface area contributed by atoms with Gasteiger partial charge in [-0.3, -0.25) is 4.79 Å². The maximum absolute atomic E-state index is 12.6. The highest BCUT2D eigenvalue weighted by molar-refractivity contribution is 6.34. The van der Waals surface area contributed by atoms with Crippen LogP contribution in [0.4, 0.5) is 10.5 Å².